The van der Waals surface area contributed by atoms with Crippen molar-refractivity contribution in [2.45, 2.75) is 40.3 Å². The summed E-state index contributed by atoms with van der Waals surface area (Å²) in [6.07, 6.45) is 0. The lowest BCUT2D eigenvalue weighted by molar-refractivity contribution is 0.204. The van der Waals surface area contributed by atoms with Gasteiger partial charge in [0.25, 0.3) is 0 Å². The summed E-state index contributed by atoms with van der Waals surface area (Å²) in [6, 6.07) is 5.64. The van der Waals surface area contributed by atoms with Crippen LogP contribution in [0.5, 0.6) is 0 Å². The van der Waals surface area contributed by atoms with E-state index in [1.807, 2.05) is 6.07 Å². The summed E-state index contributed by atoms with van der Waals surface area (Å²) >= 11 is 0. The summed E-state index contributed by atoms with van der Waals surface area (Å²) < 4.78 is 19.4. The van der Waals surface area contributed by atoms with Crippen LogP contribution in [0.15, 0.2) is 18.2 Å². The molecule has 0 unspecified atom stereocenters. The molecule has 21 heavy (non-hydrogen) atoms. The quantitative estimate of drug-likeness (QED) is 0.755. The third kappa shape index (κ3) is 6.02. The van der Waals surface area contributed by atoms with Gasteiger partial charge in [-0.1, -0.05) is 33.8 Å². The number of nitrogens with zero attached hydrogens (tertiary/aromatic N) is 1. The number of methoxy groups -OCH3 is 1. The Morgan fingerprint density at radius 3 is 2.52 bits per heavy atom. The predicted octanol–water partition coefficient (Wildman–Crippen LogP) is 3.43. The molecular formula is C17H29FN2O. The van der Waals surface area contributed by atoms with Crippen LogP contribution in [0.1, 0.15) is 33.3 Å². The Hall–Kier alpha value is -1.13. The fourth-order valence-corrected chi connectivity index (χ4v) is 2.28. The Morgan fingerprint density at radius 2 is 1.95 bits per heavy atom. The molecule has 0 radical (unpaired) electrons. The fraction of sp³-hybridized carbons (Fsp3) is 0.647. The molecule has 1 aromatic carbocycles. The molecule has 0 aromatic heterocycles. The van der Waals surface area contributed by atoms with E-state index in [1.54, 1.807) is 13.2 Å². The van der Waals surface area contributed by atoms with Gasteiger partial charge in [-0.3, -0.25) is 0 Å². The van der Waals surface area contributed by atoms with Crippen molar-refractivity contribution in [3.05, 3.63) is 29.6 Å². The number of rotatable bonds is 9. The SMILES string of the molecule is COCCN(CC(C)C)c1cccc(F)c1CNC(C)C. The molecular weight excluding hydrogens is 267 g/mol. The second-order valence-electron chi connectivity index (χ2n) is 6.11. The van der Waals surface area contributed by atoms with E-state index in [-0.39, 0.29) is 5.82 Å². The zero-order valence-corrected chi connectivity index (χ0v) is 13.9. The van der Waals surface area contributed by atoms with Gasteiger partial charge in [-0.25, -0.2) is 4.39 Å². The molecule has 0 saturated heterocycles. The molecule has 0 atom stereocenters. The predicted molar refractivity (Wildman–Crippen MR) is 87.3 cm³/mol. The van der Waals surface area contributed by atoms with Crippen molar-refractivity contribution in [1.29, 1.82) is 0 Å². The highest BCUT2D eigenvalue weighted by molar-refractivity contribution is 5.54. The normalized spacial score (nSPS) is 11.4. The summed E-state index contributed by atoms with van der Waals surface area (Å²) in [7, 11) is 1.69. The van der Waals surface area contributed by atoms with Crippen LogP contribution < -0.4 is 10.2 Å². The van der Waals surface area contributed by atoms with Gasteiger partial charge in [-0.05, 0) is 18.1 Å². The molecule has 0 aliphatic rings. The average molecular weight is 296 g/mol. The standard InChI is InChI=1S/C17H29FN2O/c1-13(2)12-20(9-10-21-5)17-8-6-7-16(18)15(17)11-19-14(3)4/h6-8,13-14,19H,9-12H2,1-5H3. The zero-order valence-electron chi connectivity index (χ0n) is 13.9. The van der Waals surface area contributed by atoms with E-state index in [4.69, 9.17) is 4.74 Å². The van der Waals surface area contributed by atoms with E-state index in [0.717, 1.165) is 24.3 Å². The maximum atomic E-state index is 14.2. The Balaban J connectivity index is 3.01. The fourth-order valence-electron chi connectivity index (χ4n) is 2.28. The van der Waals surface area contributed by atoms with Crippen LogP contribution in [0.3, 0.4) is 0 Å². The minimum Gasteiger partial charge on any atom is -0.383 e. The molecule has 1 rings (SSSR count). The average Bonchev–Trinajstić information content (AvgIpc) is 2.41. The maximum Gasteiger partial charge on any atom is 0.129 e. The number of hydrogen-bond acceptors (Lipinski definition) is 3. The van der Waals surface area contributed by atoms with Gasteiger partial charge in [-0.2, -0.15) is 0 Å². The van der Waals surface area contributed by atoms with Gasteiger partial charge in [0, 0.05) is 44.0 Å². The van der Waals surface area contributed by atoms with E-state index in [2.05, 4.69) is 37.9 Å². The van der Waals surface area contributed by atoms with Crippen molar-refractivity contribution in [1.82, 2.24) is 5.32 Å². The number of hydrogen-bond donors (Lipinski definition) is 1. The van der Waals surface area contributed by atoms with Crippen LogP contribution >= 0.6 is 0 Å². The number of halogens is 1. The third-order valence-electron chi connectivity index (χ3n) is 3.27. The first kappa shape index (κ1) is 17.9. The molecule has 0 fully saturated rings. The highest BCUT2D eigenvalue weighted by Crippen LogP contribution is 2.24. The molecule has 0 aliphatic carbocycles. The lowest BCUT2D eigenvalue weighted by Gasteiger charge is -2.29. The molecule has 0 spiro atoms. The number of ether oxygens (including phenoxy) is 1. The van der Waals surface area contributed by atoms with E-state index in [9.17, 15) is 4.39 Å². The van der Waals surface area contributed by atoms with Gasteiger partial charge in [-0.15, -0.1) is 0 Å². The highest BCUT2D eigenvalue weighted by Gasteiger charge is 2.16. The van der Waals surface area contributed by atoms with Crippen LogP contribution in [-0.2, 0) is 11.3 Å². The first-order valence-corrected chi connectivity index (χ1v) is 7.70. The van der Waals surface area contributed by atoms with Crippen LogP contribution in [0.2, 0.25) is 0 Å². The largest absolute Gasteiger partial charge is 0.383 e. The van der Waals surface area contributed by atoms with Gasteiger partial charge in [0.2, 0.25) is 0 Å². The van der Waals surface area contributed by atoms with E-state index in [1.165, 1.54) is 6.07 Å². The number of anilines is 1. The Labute approximate surface area is 128 Å². The third-order valence-corrected chi connectivity index (χ3v) is 3.27. The maximum absolute atomic E-state index is 14.2. The van der Waals surface area contributed by atoms with Crippen molar-refractivity contribution in [3.63, 3.8) is 0 Å². The van der Waals surface area contributed by atoms with Gasteiger partial charge >= 0.3 is 0 Å². The lowest BCUT2D eigenvalue weighted by atomic mass is 10.1. The van der Waals surface area contributed by atoms with Crippen LogP contribution in [-0.4, -0.2) is 32.8 Å². The monoisotopic (exact) mass is 296 g/mol. The Bertz CT molecular complexity index is 421. The Kier molecular flexibility index (Phi) is 7.68. The van der Waals surface area contributed by atoms with E-state index >= 15 is 0 Å². The van der Waals surface area contributed by atoms with Crippen molar-refractivity contribution in [2.24, 2.45) is 5.92 Å². The van der Waals surface area contributed by atoms with Crippen LogP contribution in [0, 0.1) is 11.7 Å². The minimum atomic E-state index is -0.146. The zero-order chi connectivity index (χ0) is 15.8. The number of nitrogens with one attached hydrogen (secondary N) is 1. The second-order valence-corrected chi connectivity index (χ2v) is 6.11. The number of benzene rings is 1. The molecule has 0 saturated carbocycles. The molecule has 4 heteroatoms. The van der Waals surface area contributed by atoms with E-state index in [0.29, 0.717) is 25.1 Å². The lowest BCUT2D eigenvalue weighted by Crippen LogP contribution is -2.33. The molecule has 1 N–H and O–H groups in total. The second kappa shape index (κ2) is 9.00. The molecule has 0 amide bonds. The topological polar surface area (TPSA) is 24.5 Å². The van der Waals surface area contributed by atoms with Gasteiger partial charge < -0.3 is 15.0 Å². The molecule has 3 nitrogen and oxygen atoms in total. The Morgan fingerprint density at radius 1 is 1.24 bits per heavy atom. The van der Waals surface area contributed by atoms with E-state index < -0.39 is 0 Å². The van der Waals surface area contributed by atoms with Crippen LogP contribution in [0.25, 0.3) is 0 Å². The van der Waals surface area contributed by atoms with Gasteiger partial charge in [0.05, 0.1) is 6.61 Å². The van der Waals surface area contributed by atoms with Crippen molar-refractivity contribution < 1.29 is 9.13 Å². The molecule has 0 bridgehead atoms. The molecule has 0 aliphatic heterocycles. The first-order valence-electron chi connectivity index (χ1n) is 7.70. The summed E-state index contributed by atoms with van der Waals surface area (Å²) in [5.41, 5.74) is 1.71. The highest BCUT2D eigenvalue weighted by atomic mass is 19.1. The molecule has 0 heterocycles. The summed E-state index contributed by atoms with van der Waals surface area (Å²) in [5, 5.41) is 3.31. The summed E-state index contributed by atoms with van der Waals surface area (Å²) in [6.45, 7) is 11.3. The van der Waals surface area contributed by atoms with Crippen LogP contribution in [0.4, 0.5) is 10.1 Å². The summed E-state index contributed by atoms with van der Waals surface area (Å²) in [4.78, 5) is 2.22. The van der Waals surface area contributed by atoms with Crippen molar-refractivity contribution in [2.75, 3.05) is 31.7 Å². The van der Waals surface area contributed by atoms with Gasteiger partial charge in [0.1, 0.15) is 5.82 Å². The smallest absolute Gasteiger partial charge is 0.129 e. The molecule has 1 aromatic rings. The van der Waals surface area contributed by atoms with Crippen molar-refractivity contribution >= 4 is 5.69 Å². The first-order chi connectivity index (χ1) is 9.95. The van der Waals surface area contributed by atoms with Gasteiger partial charge in [0.15, 0.2) is 0 Å². The molecule has 120 valence electrons. The minimum absolute atomic E-state index is 0.146. The summed E-state index contributed by atoms with van der Waals surface area (Å²) in [5.74, 6) is 0.364. The van der Waals surface area contributed by atoms with Crippen molar-refractivity contribution in [3.8, 4) is 0 Å².